The average Bonchev–Trinajstić information content (AvgIpc) is 3.13. The summed E-state index contributed by atoms with van der Waals surface area (Å²) < 4.78 is 31.7. The smallest absolute Gasteiger partial charge is 0.340 e. The first-order valence-corrected chi connectivity index (χ1v) is 11.3. The number of esters is 1. The first kappa shape index (κ1) is 22.3. The highest BCUT2D eigenvalue weighted by Gasteiger charge is 2.17. The molecule has 0 spiro atoms. The molecule has 0 bridgehead atoms. The Balaban J connectivity index is 1.61. The van der Waals surface area contributed by atoms with Crippen molar-refractivity contribution in [3.63, 3.8) is 0 Å². The number of halogens is 1. The predicted molar refractivity (Wildman–Crippen MR) is 117 cm³/mol. The lowest BCUT2D eigenvalue weighted by Crippen LogP contribution is -2.23. The molecule has 1 heterocycles. The monoisotopic (exact) mass is 462 g/mol. The summed E-state index contributed by atoms with van der Waals surface area (Å²) in [7, 11) is -3.59. The van der Waals surface area contributed by atoms with E-state index in [1.54, 1.807) is 28.9 Å². The Morgan fingerprint density at radius 3 is 2.55 bits per heavy atom. The third kappa shape index (κ3) is 6.30. The maximum absolute atomic E-state index is 12.3. The SMILES string of the molecule is CS(=O)(=O)Nc1ccccc1C(=O)OCC(=O)Nc1ccnn1Cc1ccccc1Cl. The summed E-state index contributed by atoms with van der Waals surface area (Å²) in [5.41, 5.74) is 0.877. The van der Waals surface area contributed by atoms with E-state index in [0.717, 1.165) is 11.8 Å². The van der Waals surface area contributed by atoms with E-state index in [1.807, 2.05) is 18.2 Å². The maximum Gasteiger partial charge on any atom is 0.340 e. The number of amides is 1. The minimum atomic E-state index is -3.59. The third-order valence-electron chi connectivity index (χ3n) is 4.04. The van der Waals surface area contributed by atoms with Crippen molar-refractivity contribution in [2.75, 3.05) is 22.9 Å². The number of para-hydroxylation sites is 1. The molecule has 162 valence electrons. The molecule has 0 radical (unpaired) electrons. The molecule has 2 aromatic carbocycles. The van der Waals surface area contributed by atoms with E-state index >= 15 is 0 Å². The molecule has 0 atom stereocenters. The second-order valence-corrected chi connectivity index (χ2v) is 8.67. The van der Waals surface area contributed by atoms with Gasteiger partial charge in [0.25, 0.3) is 5.91 Å². The van der Waals surface area contributed by atoms with Gasteiger partial charge in [-0.15, -0.1) is 0 Å². The van der Waals surface area contributed by atoms with Crippen molar-refractivity contribution in [3.8, 4) is 0 Å². The number of carbonyl (C=O) groups is 2. The highest BCUT2D eigenvalue weighted by atomic mass is 35.5. The Hall–Kier alpha value is -3.37. The van der Waals surface area contributed by atoms with Crippen LogP contribution in [-0.4, -0.2) is 42.9 Å². The fourth-order valence-electron chi connectivity index (χ4n) is 2.69. The van der Waals surface area contributed by atoms with Crippen molar-refractivity contribution >= 4 is 45.0 Å². The van der Waals surface area contributed by atoms with Gasteiger partial charge < -0.3 is 10.1 Å². The standard InChI is InChI=1S/C20H19ClN4O5S/c1-31(28,29)24-17-9-5-3-7-15(17)20(27)30-13-19(26)23-18-10-11-22-25(18)12-14-6-2-4-8-16(14)21/h2-11,24H,12-13H2,1H3,(H,23,26). The van der Waals surface area contributed by atoms with Crippen molar-refractivity contribution in [2.24, 2.45) is 0 Å². The van der Waals surface area contributed by atoms with Gasteiger partial charge in [-0.2, -0.15) is 5.10 Å². The van der Waals surface area contributed by atoms with Crippen LogP contribution in [-0.2, 0) is 26.1 Å². The highest BCUT2D eigenvalue weighted by molar-refractivity contribution is 7.92. The highest BCUT2D eigenvalue weighted by Crippen LogP contribution is 2.19. The molecule has 9 nitrogen and oxygen atoms in total. The van der Waals surface area contributed by atoms with Gasteiger partial charge in [-0.05, 0) is 23.8 Å². The molecule has 2 N–H and O–H groups in total. The maximum atomic E-state index is 12.3. The zero-order valence-corrected chi connectivity index (χ0v) is 18.0. The lowest BCUT2D eigenvalue weighted by molar-refractivity contribution is -0.119. The quantitative estimate of drug-likeness (QED) is 0.497. The molecule has 0 fully saturated rings. The van der Waals surface area contributed by atoms with Gasteiger partial charge in [0.05, 0.1) is 30.2 Å². The van der Waals surface area contributed by atoms with Crippen molar-refractivity contribution in [2.45, 2.75) is 6.54 Å². The van der Waals surface area contributed by atoms with E-state index in [9.17, 15) is 18.0 Å². The Morgan fingerprint density at radius 1 is 1.10 bits per heavy atom. The van der Waals surface area contributed by atoms with Crippen LogP contribution in [0.3, 0.4) is 0 Å². The van der Waals surface area contributed by atoms with E-state index in [4.69, 9.17) is 16.3 Å². The number of rotatable bonds is 8. The molecule has 31 heavy (non-hydrogen) atoms. The van der Waals surface area contributed by atoms with E-state index in [0.29, 0.717) is 17.4 Å². The number of nitrogens with zero attached hydrogens (tertiary/aromatic N) is 2. The first-order chi connectivity index (χ1) is 14.7. The van der Waals surface area contributed by atoms with Crippen molar-refractivity contribution in [3.05, 3.63) is 76.9 Å². The van der Waals surface area contributed by atoms with E-state index in [2.05, 4.69) is 15.1 Å². The van der Waals surface area contributed by atoms with E-state index < -0.39 is 28.5 Å². The molecule has 0 saturated heterocycles. The lowest BCUT2D eigenvalue weighted by Gasteiger charge is -2.12. The molecular formula is C20H19ClN4O5S. The zero-order chi connectivity index (χ0) is 22.4. The minimum Gasteiger partial charge on any atom is -0.452 e. The molecule has 0 aliphatic rings. The summed E-state index contributed by atoms with van der Waals surface area (Å²) >= 11 is 6.17. The molecular weight excluding hydrogens is 444 g/mol. The molecule has 1 amide bonds. The number of hydrogen-bond acceptors (Lipinski definition) is 6. The summed E-state index contributed by atoms with van der Waals surface area (Å²) in [6, 6.07) is 14.8. The molecule has 0 aliphatic carbocycles. The second kappa shape index (κ2) is 9.63. The van der Waals surface area contributed by atoms with Crippen LogP contribution in [0.25, 0.3) is 0 Å². The summed E-state index contributed by atoms with van der Waals surface area (Å²) in [4.78, 5) is 24.6. The number of hydrogen-bond donors (Lipinski definition) is 2. The van der Waals surface area contributed by atoms with Crippen LogP contribution in [0.15, 0.2) is 60.8 Å². The normalized spacial score (nSPS) is 11.0. The van der Waals surface area contributed by atoms with Crippen LogP contribution in [0.1, 0.15) is 15.9 Å². The number of benzene rings is 2. The first-order valence-electron chi connectivity index (χ1n) is 9.02. The fourth-order valence-corrected chi connectivity index (χ4v) is 3.46. The van der Waals surface area contributed by atoms with Gasteiger partial charge in [-0.1, -0.05) is 41.9 Å². The van der Waals surface area contributed by atoms with Crippen molar-refractivity contribution in [1.29, 1.82) is 0 Å². The predicted octanol–water partition coefficient (Wildman–Crippen LogP) is 2.75. The van der Waals surface area contributed by atoms with Gasteiger partial charge in [0.2, 0.25) is 10.0 Å². The van der Waals surface area contributed by atoms with Crippen LogP contribution in [0, 0.1) is 0 Å². The average molecular weight is 463 g/mol. The summed E-state index contributed by atoms with van der Waals surface area (Å²) in [6.07, 6.45) is 2.49. The lowest BCUT2D eigenvalue weighted by atomic mass is 10.2. The number of sulfonamides is 1. The van der Waals surface area contributed by atoms with Crippen LogP contribution in [0.4, 0.5) is 11.5 Å². The fraction of sp³-hybridized carbons (Fsp3) is 0.150. The van der Waals surface area contributed by atoms with Gasteiger partial charge in [0, 0.05) is 11.1 Å². The van der Waals surface area contributed by atoms with Gasteiger partial charge in [0.1, 0.15) is 5.82 Å². The summed E-state index contributed by atoms with van der Waals surface area (Å²) in [5, 5.41) is 7.36. The number of ether oxygens (including phenoxy) is 1. The van der Waals surface area contributed by atoms with E-state index in [1.165, 1.54) is 18.3 Å². The van der Waals surface area contributed by atoms with Crippen LogP contribution >= 0.6 is 11.6 Å². The van der Waals surface area contributed by atoms with E-state index in [-0.39, 0.29) is 11.3 Å². The largest absolute Gasteiger partial charge is 0.452 e. The number of nitrogens with one attached hydrogen (secondary N) is 2. The Labute approximate surface area is 184 Å². The molecule has 3 rings (SSSR count). The van der Waals surface area contributed by atoms with Gasteiger partial charge >= 0.3 is 5.97 Å². The summed E-state index contributed by atoms with van der Waals surface area (Å²) in [5.74, 6) is -1.02. The number of anilines is 2. The molecule has 1 aromatic heterocycles. The minimum absolute atomic E-state index is 0.00973. The van der Waals surface area contributed by atoms with Gasteiger partial charge in [-0.25, -0.2) is 17.9 Å². The van der Waals surface area contributed by atoms with Gasteiger partial charge in [-0.3, -0.25) is 9.52 Å². The zero-order valence-electron chi connectivity index (χ0n) is 16.4. The number of carbonyl (C=O) groups excluding carboxylic acids is 2. The van der Waals surface area contributed by atoms with Crippen LogP contribution < -0.4 is 10.0 Å². The molecule has 11 heteroatoms. The van der Waals surface area contributed by atoms with Crippen molar-refractivity contribution in [1.82, 2.24) is 9.78 Å². The van der Waals surface area contributed by atoms with Gasteiger partial charge in [0.15, 0.2) is 6.61 Å². The molecule has 3 aromatic rings. The second-order valence-electron chi connectivity index (χ2n) is 6.51. The number of aromatic nitrogens is 2. The molecule has 0 unspecified atom stereocenters. The Morgan fingerprint density at radius 2 is 1.81 bits per heavy atom. The summed E-state index contributed by atoms with van der Waals surface area (Å²) in [6.45, 7) is -0.226. The van der Waals surface area contributed by atoms with Crippen LogP contribution in [0.5, 0.6) is 0 Å². The molecule has 0 aliphatic heterocycles. The third-order valence-corrected chi connectivity index (χ3v) is 5.00. The van der Waals surface area contributed by atoms with Crippen molar-refractivity contribution < 1.29 is 22.7 Å². The van der Waals surface area contributed by atoms with Crippen LogP contribution in [0.2, 0.25) is 5.02 Å². The molecule has 0 saturated carbocycles. The topological polar surface area (TPSA) is 119 Å². The Bertz CT molecular complexity index is 1210. The Kier molecular flexibility index (Phi) is 6.93.